The molecular formula is C22H18NO3P. The van der Waals surface area contributed by atoms with Crippen molar-refractivity contribution in [3.8, 4) is 11.5 Å². The van der Waals surface area contributed by atoms with Gasteiger partial charge in [0.25, 0.3) is 0 Å². The first-order valence-corrected chi connectivity index (χ1v) is 10.4. The Balaban J connectivity index is 1.66. The minimum atomic E-state index is -3.53. The number of rotatable bonds is 6. The first kappa shape index (κ1) is 17.3. The Morgan fingerprint density at radius 3 is 1.85 bits per heavy atom. The van der Waals surface area contributed by atoms with Crippen LogP contribution < -0.4 is 9.05 Å². The third-order valence-corrected chi connectivity index (χ3v) is 5.68. The zero-order chi connectivity index (χ0) is 18.5. The fraction of sp³-hybridized carbons (Fsp3) is 0.0455. The Morgan fingerprint density at radius 2 is 1.22 bits per heavy atom. The summed E-state index contributed by atoms with van der Waals surface area (Å²) in [5, 5.41) is 1.03. The predicted octanol–water partition coefficient (Wildman–Crippen LogP) is 6.09. The van der Waals surface area contributed by atoms with Gasteiger partial charge >= 0.3 is 7.60 Å². The van der Waals surface area contributed by atoms with Crippen LogP contribution in [0.15, 0.2) is 97.1 Å². The van der Waals surface area contributed by atoms with Gasteiger partial charge in [0, 0.05) is 5.39 Å². The molecule has 1 heterocycles. The Morgan fingerprint density at radius 1 is 0.667 bits per heavy atom. The molecule has 4 aromatic rings. The Labute approximate surface area is 158 Å². The van der Waals surface area contributed by atoms with E-state index in [1.54, 1.807) is 24.3 Å². The zero-order valence-corrected chi connectivity index (χ0v) is 15.5. The summed E-state index contributed by atoms with van der Waals surface area (Å²) >= 11 is 0. The minimum Gasteiger partial charge on any atom is -0.416 e. The molecule has 0 atom stereocenters. The van der Waals surface area contributed by atoms with Crippen LogP contribution in [0.25, 0.3) is 10.9 Å². The summed E-state index contributed by atoms with van der Waals surface area (Å²) in [4.78, 5) is 4.61. The first-order valence-electron chi connectivity index (χ1n) is 8.63. The van der Waals surface area contributed by atoms with Gasteiger partial charge in [-0.25, -0.2) is 4.57 Å². The van der Waals surface area contributed by atoms with Crippen LogP contribution in [0.4, 0.5) is 0 Å². The van der Waals surface area contributed by atoms with E-state index in [-0.39, 0.29) is 6.16 Å². The third-order valence-electron chi connectivity index (χ3n) is 3.99. The fourth-order valence-electron chi connectivity index (χ4n) is 2.76. The minimum absolute atomic E-state index is 0.0711. The van der Waals surface area contributed by atoms with Crippen LogP contribution in [0.1, 0.15) is 5.69 Å². The zero-order valence-electron chi connectivity index (χ0n) is 14.6. The summed E-state index contributed by atoms with van der Waals surface area (Å²) in [6.45, 7) is 0. The van der Waals surface area contributed by atoms with Crippen molar-refractivity contribution in [1.29, 1.82) is 0 Å². The highest BCUT2D eigenvalue weighted by Crippen LogP contribution is 2.51. The van der Waals surface area contributed by atoms with Gasteiger partial charge in [0.15, 0.2) is 0 Å². The van der Waals surface area contributed by atoms with Crippen molar-refractivity contribution in [3.63, 3.8) is 0 Å². The molecule has 1 aromatic heterocycles. The highest BCUT2D eigenvalue weighted by molar-refractivity contribution is 7.53. The molecule has 0 aliphatic rings. The van der Waals surface area contributed by atoms with Crippen LogP contribution in [-0.4, -0.2) is 4.98 Å². The number of aromatic nitrogens is 1. The van der Waals surface area contributed by atoms with Gasteiger partial charge in [-0.2, -0.15) is 0 Å². The van der Waals surface area contributed by atoms with Crippen LogP contribution >= 0.6 is 7.60 Å². The second-order valence-electron chi connectivity index (χ2n) is 6.07. The maximum atomic E-state index is 13.6. The summed E-state index contributed by atoms with van der Waals surface area (Å²) in [5.41, 5.74) is 1.50. The second kappa shape index (κ2) is 7.65. The van der Waals surface area contributed by atoms with E-state index < -0.39 is 7.60 Å². The molecule has 0 amide bonds. The highest BCUT2D eigenvalue weighted by Gasteiger charge is 2.29. The van der Waals surface area contributed by atoms with Crippen molar-refractivity contribution in [2.45, 2.75) is 6.16 Å². The Hall–Kier alpha value is -3.10. The molecule has 0 saturated carbocycles. The molecular weight excluding hydrogens is 357 g/mol. The van der Waals surface area contributed by atoms with Crippen molar-refractivity contribution in [2.75, 3.05) is 0 Å². The van der Waals surface area contributed by atoms with E-state index in [4.69, 9.17) is 9.05 Å². The standard InChI is InChI=1S/C22H18NO3P/c24-27(25-20-10-3-1-4-11-20,26-21-12-5-2-6-13-21)17-19-16-15-18-9-7-8-14-22(18)23-19/h1-16H,17H2. The number of fused-ring (bicyclic) bond motifs is 1. The molecule has 4 nitrogen and oxygen atoms in total. The number of pyridine rings is 1. The molecule has 0 aliphatic heterocycles. The normalized spacial score (nSPS) is 11.3. The molecule has 0 unspecified atom stereocenters. The quantitative estimate of drug-likeness (QED) is 0.383. The van der Waals surface area contributed by atoms with Gasteiger partial charge in [-0.3, -0.25) is 4.98 Å². The summed E-state index contributed by atoms with van der Waals surface area (Å²) in [7, 11) is -3.53. The fourth-order valence-corrected chi connectivity index (χ4v) is 4.39. The lowest BCUT2D eigenvalue weighted by molar-refractivity contribution is 0.384. The number of hydrogen-bond acceptors (Lipinski definition) is 4. The van der Waals surface area contributed by atoms with Gasteiger partial charge in [-0.15, -0.1) is 0 Å². The lowest BCUT2D eigenvalue weighted by Crippen LogP contribution is -2.05. The number of hydrogen-bond donors (Lipinski definition) is 0. The van der Waals surface area contributed by atoms with Crippen molar-refractivity contribution >= 4 is 18.5 Å². The van der Waals surface area contributed by atoms with Crippen LogP contribution in [0.2, 0.25) is 0 Å². The largest absolute Gasteiger partial charge is 0.436 e. The molecule has 27 heavy (non-hydrogen) atoms. The lowest BCUT2D eigenvalue weighted by Gasteiger charge is -2.20. The van der Waals surface area contributed by atoms with Crippen LogP contribution in [0.5, 0.6) is 11.5 Å². The summed E-state index contributed by atoms with van der Waals surface area (Å²) in [6.07, 6.45) is 0.0711. The first-order chi connectivity index (χ1) is 13.2. The van der Waals surface area contributed by atoms with Crippen LogP contribution in [-0.2, 0) is 10.7 Å². The molecule has 0 fully saturated rings. The van der Waals surface area contributed by atoms with Crippen LogP contribution in [0.3, 0.4) is 0 Å². The molecule has 3 aromatic carbocycles. The van der Waals surface area contributed by atoms with Gasteiger partial charge < -0.3 is 9.05 Å². The summed E-state index contributed by atoms with van der Waals surface area (Å²) < 4.78 is 25.2. The molecule has 0 N–H and O–H groups in total. The highest BCUT2D eigenvalue weighted by atomic mass is 31.2. The summed E-state index contributed by atoms with van der Waals surface area (Å²) in [5.74, 6) is 0.995. The van der Waals surface area contributed by atoms with Crippen molar-refractivity contribution < 1.29 is 13.6 Å². The van der Waals surface area contributed by atoms with E-state index in [2.05, 4.69) is 4.98 Å². The van der Waals surface area contributed by atoms with E-state index in [0.29, 0.717) is 17.2 Å². The van der Waals surface area contributed by atoms with E-state index in [1.165, 1.54) is 0 Å². The smallest absolute Gasteiger partial charge is 0.416 e. The van der Waals surface area contributed by atoms with Gasteiger partial charge in [0.1, 0.15) is 17.7 Å². The number of nitrogens with zero attached hydrogens (tertiary/aromatic N) is 1. The molecule has 0 aliphatic carbocycles. The van der Waals surface area contributed by atoms with E-state index >= 15 is 0 Å². The summed E-state index contributed by atoms with van der Waals surface area (Å²) in [6, 6.07) is 29.7. The van der Waals surface area contributed by atoms with E-state index in [0.717, 1.165) is 10.9 Å². The third kappa shape index (κ3) is 4.36. The predicted molar refractivity (Wildman–Crippen MR) is 107 cm³/mol. The average molecular weight is 375 g/mol. The monoisotopic (exact) mass is 375 g/mol. The second-order valence-corrected chi connectivity index (χ2v) is 7.98. The lowest BCUT2D eigenvalue weighted by atomic mass is 10.2. The molecule has 0 radical (unpaired) electrons. The maximum absolute atomic E-state index is 13.6. The molecule has 5 heteroatoms. The van der Waals surface area contributed by atoms with Gasteiger partial charge in [-0.05, 0) is 36.4 Å². The van der Waals surface area contributed by atoms with Crippen LogP contribution in [0, 0.1) is 0 Å². The van der Waals surface area contributed by atoms with E-state index in [1.807, 2.05) is 72.8 Å². The van der Waals surface area contributed by atoms with Crippen molar-refractivity contribution in [3.05, 3.63) is 103 Å². The van der Waals surface area contributed by atoms with Crippen molar-refractivity contribution in [1.82, 2.24) is 4.98 Å². The molecule has 0 bridgehead atoms. The molecule has 0 spiro atoms. The number of benzene rings is 3. The van der Waals surface area contributed by atoms with E-state index in [9.17, 15) is 4.57 Å². The van der Waals surface area contributed by atoms with Crippen molar-refractivity contribution in [2.24, 2.45) is 0 Å². The average Bonchev–Trinajstić information content (AvgIpc) is 2.69. The Kier molecular flexibility index (Phi) is 4.91. The van der Waals surface area contributed by atoms with Gasteiger partial charge in [0.2, 0.25) is 0 Å². The molecule has 0 saturated heterocycles. The molecule has 134 valence electrons. The number of para-hydroxylation sites is 3. The van der Waals surface area contributed by atoms with Gasteiger partial charge in [-0.1, -0.05) is 60.7 Å². The topological polar surface area (TPSA) is 48.4 Å². The SMILES string of the molecule is O=P(Cc1ccc2ccccc2n1)(Oc1ccccc1)Oc1ccccc1. The molecule has 4 rings (SSSR count). The van der Waals surface area contributed by atoms with Gasteiger partial charge in [0.05, 0.1) is 11.2 Å². The Bertz CT molecular complexity index is 1040. The maximum Gasteiger partial charge on any atom is 0.436 e.